The van der Waals surface area contributed by atoms with Gasteiger partial charge >= 0.3 is 0 Å². The average Bonchev–Trinajstić information content (AvgIpc) is 3.15. The van der Waals surface area contributed by atoms with E-state index >= 15 is 0 Å². The Balaban J connectivity index is 1.37. The highest BCUT2D eigenvalue weighted by atomic mass is 32.2. The standard InChI is InChI=1S/C16H19NO2S2/c1-2-6-13-12(5-1)17-15(21-13)20-11-16(8-9-16)19-14-7-3-4-10-18-14/h1-2,5-6,14H,3-4,7-11H2. The van der Waals surface area contributed by atoms with Crippen LogP contribution in [0.15, 0.2) is 28.6 Å². The van der Waals surface area contributed by atoms with E-state index in [9.17, 15) is 0 Å². The molecule has 112 valence electrons. The van der Waals surface area contributed by atoms with Gasteiger partial charge < -0.3 is 9.47 Å². The summed E-state index contributed by atoms with van der Waals surface area (Å²) in [6, 6.07) is 8.33. The van der Waals surface area contributed by atoms with Gasteiger partial charge in [0, 0.05) is 12.4 Å². The molecule has 0 N–H and O–H groups in total. The number of para-hydroxylation sites is 1. The van der Waals surface area contributed by atoms with Crippen molar-refractivity contribution in [1.29, 1.82) is 0 Å². The van der Waals surface area contributed by atoms with Gasteiger partial charge in [0.05, 0.1) is 15.8 Å². The molecule has 3 nitrogen and oxygen atoms in total. The second-order valence-corrected chi connectivity index (χ2v) is 8.09. The fraction of sp³-hybridized carbons (Fsp3) is 0.562. The lowest BCUT2D eigenvalue weighted by atomic mass is 10.2. The number of benzene rings is 1. The van der Waals surface area contributed by atoms with Crippen molar-refractivity contribution in [3.63, 3.8) is 0 Å². The van der Waals surface area contributed by atoms with E-state index in [0.29, 0.717) is 0 Å². The predicted molar refractivity (Wildman–Crippen MR) is 87.0 cm³/mol. The summed E-state index contributed by atoms with van der Waals surface area (Å²) in [5.74, 6) is 0.993. The molecule has 2 heterocycles. The first-order valence-electron chi connectivity index (χ1n) is 7.61. The van der Waals surface area contributed by atoms with Crippen LogP contribution in [0, 0.1) is 0 Å². The third kappa shape index (κ3) is 3.26. The van der Waals surface area contributed by atoms with Gasteiger partial charge in [-0.05, 0) is 44.2 Å². The Morgan fingerprint density at radius 1 is 1.33 bits per heavy atom. The molecule has 0 spiro atoms. The zero-order valence-corrected chi connectivity index (χ0v) is 13.5. The maximum absolute atomic E-state index is 6.22. The fourth-order valence-electron chi connectivity index (χ4n) is 2.62. The molecule has 2 aromatic rings. The maximum Gasteiger partial charge on any atom is 0.158 e. The van der Waals surface area contributed by atoms with Crippen LogP contribution in [0.25, 0.3) is 10.2 Å². The zero-order valence-electron chi connectivity index (χ0n) is 11.9. The SMILES string of the molecule is c1ccc2sc(SCC3(OC4CCCCO4)CC3)nc2c1. The minimum Gasteiger partial charge on any atom is -0.353 e. The van der Waals surface area contributed by atoms with Crippen LogP contribution in [-0.4, -0.2) is 29.2 Å². The molecule has 1 aliphatic carbocycles. The lowest BCUT2D eigenvalue weighted by molar-refractivity contribution is -0.191. The van der Waals surface area contributed by atoms with Crippen LogP contribution in [-0.2, 0) is 9.47 Å². The molecule has 1 atom stereocenters. The topological polar surface area (TPSA) is 31.4 Å². The van der Waals surface area contributed by atoms with Crippen molar-refractivity contribution in [2.24, 2.45) is 0 Å². The Morgan fingerprint density at radius 3 is 3.00 bits per heavy atom. The Kier molecular flexibility index (Phi) is 3.92. The number of ether oxygens (including phenoxy) is 2. The quantitative estimate of drug-likeness (QED) is 0.761. The minimum atomic E-state index is 0.0252. The molecule has 1 saturated heterocycles. The van der Waals surface area contributed by atoms with E-state index in [1.807, 2.05) is 17.8 Å². The van der Waals surface area contributed by atoms with Gasteiger partial charge in [-0.2, -0.15) is 0 Å². The number of hydrogen-bond acceptors (Lipinski definition) is 5. The molecule has 1 unspecified atom stereocenters. The van der Waals surface area contributed by atoms with Crippen LogP contribution in [0.4, 0.5) is 0 Å². The second-order valence-electron chi connectivity index (χ2n) is 5.83. The Hall–Kier alpha value is -0.620. The Morgan fingerprint density at radius 2 is 2.24 bits per heavy atom. The third-order valence-electron chi connectivity index (χ3n) is 4.06. The summed E-state index contributed by atoms with van der Waals surface area (Å²) >= 11 is 3.61. The van der Waals surface area contributed by atoms with Crippen LogP contribution < -0.4 is 0 Å². The minimum absolute atomic E-state index is 0.0252. The molecule has 2 fully saturated rings. The van der Waals surface area contributed by atoms with Crippen molar-refractivity contribution in [2.75, 3.05) is 12.4 Å². The third-order valence-corrected chi connectivity index (χ3v) is 6.50. The Labute approximate surface area is 133 Å². The van der Waals surface area contributed by atoms with E-state index < -0.39 is 0 Å². The van der Waals surface area contributed by atoms with Gasteiger partial charge in [0.15, 0.2) is 10.6 Å². The van der Waals surface area contributed by atoms with Gasteiger partial charge in [-0.15, -0.1) is 11.3 Å². The van der Waals surface area contributed by atoms with E-state index in [1.165, 1.54) is 17.5 Å². The van der Waals surface area contributed by atoms with Crippen molar-refractivity contribution in [1.82, 2.24) is 4.98 Å². The molecular formula is C16H19NO2S2. The molecule has 4 rings (SSSR count). The summed E-state index contributed by atoms with van der Waals surface area (Å²) in [4.78, 5) is 4.69. The van der Waals surface area contributed by atoms with Gasteiger partial charge in [-0.25, -0.2) is 4.98 Å². The second kappa shape index (κ2) is 5.88. The largest absolute Gasteiger partial charge is 0.353 e. The number of rotatable bonds is 5. The maximum atomic E-state index is 6.22. The van der Waals surface area contributed by atoms with E-state index in [0.717, 1.165) is 41.5 Å². The highest BCUT2D eigenvalue weighted by molar-refractivity contribution is 8.01. The van der Waals surface area contributed by atoms with E-state index in [-0.39, 0.29) is 11.9 Å². The highest BCUT2D eigenvalue weighted by Gasteiger charge is 2.46. The lowest BCUT2D eigenvalue weighted by Gasteiger charge is -2.27. The molecule has 1 aromatic heterocycles. The van der Waals surface area contributed by atoms with E-state index in [4.69, 9.17) is 9.47 Å². The predicted octanol–water partition coefficient (Wildman–Crippen LogP) is 4.46. The summed E-state index contributed by atoms with van der Waals surface area (Å²) in [5, 5.41) is 0. The van der Waals surface area contributed by atoms with Crippen molar-refractivity contribution in [3.8, 4) is 0 Å². The molecular weight excluding hydrogens is 302 g/mol. The summed E-state index contributed by atoms with van der Waals surface area (Å²) in [5.41, 5.74) is 1.15. The van der Waals surface area contributed by atoms with Crippen molar-refractivity contribution < 1.29 is 9.47 Å². The summed E-state index contributed by atoms with van der Waals surface area (Å²) in [7, 11) is 0. The molecule has 1 aliphatic heterocycles. The van der Waals surface area contributed by atoms with E-state index in [2.05, 4.69) is 23.2 Å². The van der Waals surface area contributed by atoms with Crippen molar-refractivity contribution in [2.45, 2.75) is 48.3 Å². The van der Waals surface area contributed by atoms with Gasteiger partial charge in [-0.3, -0.25) is 0 Å². The molecule has 1 aromatic carbocycles. The number of hydrogen-bond donors (Lipinski definition) is 0. The summed E-state index contributed by atoms with van der Waals surface area (Å²) < 4.78 is 14.3. The fourth-order valence-corrected chi connectivity index (χ4v) is 4.91. The molecule has 0 bridgehead atoms. The van der Waals surface area contributed by atoms with Gasteiger partial charge in [-0.1, -0.05) is 23.9 Å². The van der Waals surface area contributed by atoms with Crippen LogP contribution in [0.2, 0.25) is 0 Å². The molecule has 21 heavy (non-hydrogen) atoms. The molecule has 5 heteroatoms. The average molecular weight is 321 g/mol. The molecule has 2 aliphatic rings. The van der Waals surface area contributed by atoms with Crippen LogP contribution >= 0.6 is 23.1 Å². The molecule has 0 amide bonds. The highest BCUT2D eigenvalue weighted by Crippen LogP contribution is 2.46. The first-order valence-corrected chi connectivity index (χ1v) is 9.41. The zero-order chi connectivity index (χ0) is 14.1. The number of thioether (sulfide) groups is 1. The van der Waals surface area contributed by atoms with E-state index in [1.54, 1.807) is 11.3 Å². The van der Waals surface area contributed by atoms with Crippen LogP contribution in [0.1, 0.15) is 32.1 Å². The van der Waals surface area contributed by atoms with Crippen LogP contribution in [0.3, 0.4) is 0 Å². The number of aromatic nitrogens is 1. The summed E-state index contributed by atoms with van der Waals surface area (Å²) in [6.45, 7) is 0.853. The van der Waals surface area contributed by atoms with Crippen molar-refractivity contribution >= 4 is 33.3 Å². The summed E-state index contributed by atoms with van der Waals surface area (Å²) in [6.07, 6.45) is 5.79. The molecule has 1 saturated carbocycles. The Bertz CT molecular complexity index is 585. The lowest BCUT2D eigenvalue weighted by Crippen LogP contribution is -2.30. The van der Waals surface area contributed by atoms with Crippen molar-refractivity contribution in [3.05, 3.63) is 24.3 Å². The molecule has 0 radical (unpaired) electrons. The number of thiazole rings is 1. The smallest absolute Gasteiger partial charge is 0.158 e. The number of nitrogens with zero attached hydrogens (tertiary/aromatic N) is 1. The number of fused-ring (bicyclic) bond motifs is 1. The normalized spacial score (nSPS) is 24.3. The van der Waals surface area contributed by atoms with Crippen LogP contribution in [0.5, 0.6) is 0 Å². The first kappa shape index (κ1) is 14.0. The first-order chi connectivity index (χ1) is 10.3. The van der Waals surface area contributed by atoms with Gasteiger partial charge in [0.1, 0.15) is 0 Å². The van der Waals surface area contributed by atoms with Gasteiger partial charge in [0.2, 0.25) is 0 Å². The van der Waals surface area contributed by atoms with Gasteiger partial charge in [0.25, 0.3) is 0 Å². The monoisotopic (exact) mass is 321 g/mol.